The molecule has 1 unspecified atom stereocenters. The molecule has 0 aromatic heterocycles. The maximum atomic E-state index is 5.53. The van der Waals surface area contributed by atoms with E-state index in [1.807, 2.05) is 24.3 Å². The van der Waals surface area contributed by atoms with Crippen molar-refractivity contribution < 1.29 is 4.74 Å². The van der Waals surface area contributed by atoms with E-state index in [-0.39, 0.29) is 0 Å². The maximum Gasteiger partial charge on any atom is 0.113 e. The van der Waals surface area contributed by atoms with E-state index in [1.165, 1.54) is 6.42 Å². The fraction of sp³-hybridized carbons (Fsp3) is 0.364. The fourth-order valence-corrected chi connectivity index (χ4v) is 3.84. The SMILES string of the molecule is [CH]=Nc1ccccc1SSC1CCCO1. The van der Waals surface area contributed by atoms with E-state index >= 15 is 0 Å². The van der Waals surface area contributed by atoms with Crippen molar-refractivity contribution in [3.8, 4) is 0 Å². The summed E-state index contributed by atoms with van der Waals surface area (Å²) in [5, 5.41) is 0. The summed E-state index contributed by atoms with van der Waals surface area (Å²) in [5.41, 5.74) is 1.16. The second-order valence-corrected chi connectivity index (χ2v) is 5.62. The van der Waals surface area contributed by atoms with Crippen LogP contribution >= 0.6 is 21.6 Å². The van der Waals surface area contributed by atoms with E-state index in [0.717, 1.165) is 23.6 Å². The Bertz CT molecular complexity index is 337. The van der Waals surface area contributed by atoms with E-state index in [1.54, 1.807) is 21.6 Å². The summed E-state index contributed by atoms with van der Waals surface area (Å²) in [4.78, 5) is 4.84. The van der Waals surface area contributed by atoms with Gasteiger partial charge >= 0.3 is 0 Å². The molecule has 2 nitrogen and oxygen atoms in total. The normalized spacial score (nSPS) is 20.4. The molecule has 1 aliphatic heterocycles. The first-order valence-corrected chi connectivity index (χ1v) is 7.06. The van der Waals surface area contributed by atoms with Crippen LogP contribution in [0.25, 0.3) is 0 Å². The summed E-state index contributed by atoms with van der Waals surface area (Å²) in [7, 11) is 3.43. The summed E-state index contributed by atoms with van der Waals surface area (Å²) in [6.45, 7) is 6.20. The Labute approximate surface area is 97.9 Å². The molecule has 1 atom stereocenters. The van der Waals surface area contributed by atoms with Crippen LogP contribution in [0.15, 0.2) is 34.2 Å². The van der Waals surface area contributed by atoms with Crippen LogP contribution in [0.5, 0.6) is 0 Å². The van der Waals surface area contributed by atoms with Crippen molar-refractivity contribution in [2.75, 3.05) is 6.61 Å². The molecular formula is C11H12NOS2. The van der Waals surface area contributed by atoms with Crippen molar-refractivity contribution >= 4 is 34.0 Å². The van der Waals surface area contributed by atoms with Gasteiger partial charge in [0.25, 0.3) is 0 Å². The minimum absolute atomic E-state index is 0.320. The number of aliphatic imine (C=N–C) groups is 1. The van der Waals surface area contributed by atoms with E-state index in [0.29, 0.717) is 5.44 Å². The van der Waals surface area contributed by atoms with Crippen molar-refractivity contribution in [2.45, 2.75) is 23.2 Å². The third-order valence-electron chi connectivity index (χ3n) is 2.14. The van der Waals surface area contributed by atoms with Gasteiger partial charge in [-0.25, -0.2) is 0 Å². The Morgan fingerprint density at radius 3 is 3.00 bits per heavy atom. The third-order valence-corrected chi connectivity index (χ3v) is 4.82. The Balaban J connectivity index is 1.94. The van der Waals surface area contributed by atoms with Crippen LogP contribution in [0.3, 0.4) is 0 Å². The Morgan fingerprint density at radius 1 is 1.40 bits per heavy atom. The van der Waals surface area contributed by atoms with Gasteiger partial charge in [-0.3, -0.25) is 4.99 Å². The quantitative estimate of drug-likeness (QED) is 0.588. The molecular weight excluding hydrogens is 226 g/mol. The Kier molecular flexibility index (Phi) is 4.11. The Morgan fingerprint density at radius 2 is 2.27 bits per heavy atom. The topological polar surface area (TPSA) is 21.6 Å². The molecule has 0 saturated carbocycles. The molecule has 0 amide bonds. The molecule has 1 aromatic rings. The van der Waals surface area contributed by atoms with E-state index in [4.69, 9.17) is 11.5 Å². The predicted octanol–water partition coefficient (Wildman–Crippen LogP) is 3.77. The van der Waals surface area contributed by atoms with Gasteiger partial charge in [-0.1, -0.05) is 33.7 Å². The summed E-state index contributed by atoms with van der Waals surface area (Å²) < 4.78 is 5.53. The Hall–Kier alpha value is -0.450. The van der Waals surface area contributed by atoms with Gasteiger partial charge in [0, 0.05) is 18.2 Å². The molecule has 1 fully saturated rings. The average Bonchev–Trinajstić information content (AvgIpc) is 2.79. The van der Waals surface area contributed by atoms with Crippen molar-refractivity contribution in [1.82, 2.24) is 0 Å². The molecule has 1 radical (unpaired) electrons. The lowest BCUT2D eigenvalue weighted by Crippen LogP contribution is -1.94. The summed E-state index contributed by atoms with van der Waals surface area (Å²) in [6, 6.07) is 7.87. The zero-order valence-electron chi connectivity index (χ0n) is 8.26. The maximum absolute atomic E-state index is 5.53. The molecule has 1 heterocycles. The lowest BCUT2D eigenvalue weighted by atomic mass is 10.3. The molecule has 4 heteroatoms. The van der Waals surface area contributed by atoms with Crippen LogP contribution < -0.4 is 0 Å². The van der Waals surface area contributed by atoms with Crippen LogP contribution in [0.2, 0.25) is 0 Å². The minimum atomic E-state index is 0.320. The molecule has 1 aromatic carbocycles. The lowest BCUT2D eigenvalue weighted by Gasteiger charge is -2.08. The standard InChI is InChI=1S/C11H12NOS2/c1-12-9-5-2-3-6-10(9)14-15-11-7-4-8-13-11/h1-3,5-6,11H,4,7-8H2. The molecule has 79 valence electrons. The van der Waals surface area contributed by atoms with Gasteiger partial charge in [-0.2, -0.15) is 0 Å². The van der Waals surface area contributed by atoms with E-state index in [2.05, 4.69) is 4.99 Å². The van der Waals surface area contributed by atoms with Gasteiger partial charge in [-0.15, -0.1) is 0 Å². The highest BCUT2D eigenvalue weighted by molar-refractivity contribution is 8.76. The lowest BCUT2D eigenvalue weighted by molar-refractivity contribution is 0.175. The molecule has 0 bridgehead atoms. The van der Waals surface area contributed by atoms with Gasteiger partial charge in [-0.05, 0) is 25.0 Å². The number of ether oxygens (including phenoxy) is 1. The predicted molar refractivity (Wildman–Crippen MR) is 67.0 cm³/mol. The molecule has 15 heavy (non-hydrogen) atoms. The number of hydrogen-bond donors (Lipinski definition) is 0. The van der Waals surface area contributed by atoms with Crippen LogP contribution in [0, 0.1) is 0 Å². The molecule has 0 N–H and O–H groups in total. The van der Waals surface area contributed by atoms with Crippen LogP contribution in [-0.2, 0) is 4.74 Å². The fourth-order valence-electron chi connectivity index (χ4n) is 1.36. The number of nitrogens with zero attached hydrogens (tertiary/aromatic N) is 1. The number of para-hydroxylation sites is 1. The molecule has 0 spiro atoms. The highest BCUT2D eigenvalue weighted by Crippen LogP contribution is 2.42. The van der Waals surface area contributed by atoms with E-state index < -0.39 is 0 Å². The largest absolute Gasteiger partial charge is 0.367 e. The zero-order valence-corrected chi connectivity index (χ0v) is 9.89. The first-order chi connectivity index (χ1) is 7.40. The van der Waals surface area contributed by atoms with Gasteiger partial charge in [0.2, 0.25) is 0 Å². The molecule has 0 aliphatic carbocycles. The highest BCUT2D eigenvalue weighted by atomic mass is 33.1. The number of benzene rings is 1. The van der Waals surface area contributed by atoms with Crippen LogP contribution in [-0.4, -0.2) is 18.8 Å². The molecule has 1 aliphatic rings. The second-order valence-electron chi connectivity index (χ2n) is 3.22. The molecule has 2 rings (SSSR count). The monoisotopic (exact) mass is 238 g/mol. The summed E-state index contributed by atoms with van der Waals surface area (Å²) >= 11 is 0. The zero-order chi connectivity index (χ0) is 10.5. The third kappa shape index (κ3) is 3.00. The second kappa shape index (κ2) is 5.58. The van der Waals surface area contributed by atoms with Crippen molar-refractivity contribution in [3.05, 3.63) is 24.3 Å². The summed E-state index contributed by atoms with van der Waals surface area (Å²) in [5.74, 6) is 0. The van der Waals surface area contributed by atoms with Crippen molar-refractivity contribution in [1.29, 1.82) is 0 Å². The van der Waals surface area contributed by atoms with Gasteiger partial charge < -0.3 is 4.74 Å². The number of rotatable bonds is 4. The smallest absolute Gasteiger partial charge is 0.113 e. The minimum Gasteiger partial charge on any atom is -0.367 e. The first kappa shape index (κ1) is 11.0. The van der Waals surface area contributed by atoms with Crippen molar-refractivity contribution in [3.63, 3.8) is 0 Å². The number of hydrogen-bond acceptors (Lipinski definition) is 4. The van der Waals surface area contributed by atoms with Gasteiger partial charge in [0.1, 0.15) is 5.44 Å². The van der Waals surface area contributed by atoms with Gasteiger partial charge in [0.15, 0.2) is 0 Å². The van der Waals surface area contributed by atoms with E-state index in [9.17, 15) is 0 Å². The average molecular weight is 238 g/mol. The van der Waals surface area contributed by atoms with Gasteiger partial charge in [0.05, 0.1) is 5.69 Å². The molecule has 1 saturated heterocycles. The highest BCUT2D eigenvalue weighted by Gasteiger charge is 2.16. The van der Waals surface area contributed by atoms with Crippen molar-refractivity contribution in [2.24, 2.45) is 4.99 Å². The van der Waals surface area contributed by atoms with Crippen LogP contribution in [0.1, 0.15) is 12.8 Å². The van der Waals surface area contributed by atoms with Crippen LogP contribution in [0.4, 0.5) is 5.69 Å². The summed E-state index contributed by atoms with van der Waals surface area (Å²) in [6.07, 6.45) is 2.31. The first-order valence-electron chi connectivity index (χ1n) is 4.85.